The van der Waals surface area contributed by atoms with Crippen LogP contribution < -0.4 is 9.47 Å². The molecule has 0 radical (unpaired) electrons. The van der Waals surface area contributed by atoms with E-state index in [0.29, 0.717) is 36.8 Å². The van der Waals surface area contributed by atoms with Crippen LogP contribution in [0.4, 0.5) is 0 Å². The average Bonchev–Trinajstić information content (AvgIpc) is 3.35. The third kappa shape index (κ3) is 4.91. The number of likely N-dealkylation sites (N-methyl/N-ethyl adjacent to an activating group) is 1. The van der Waals surface area contributed by atoms with Gasteiger partial charge in [0.05, 0.1) is 19.9 Å². The minimum atomic E-state index is -0.265. The van der Waals surface area contributed by atoms with E-state index in [-0.39, 0.29) is 29.4 Å². The van der Waals surface area contributed by atoms with Gasteiger partial charge in [-0.3, -0.25) is 9.59 Å². The van der Waals surface area contributed by atoms with Crippen LogP contribution in [0.3, 0.4) is 0 Å². The lowest BCUT2D eigenvalue weighted by Gasteiger charge is -2.40. The highest BCUT2D eigenvalue weighted by Gasteiger charge is 2.33. The number of carbonyl (C=O) groups is 2. The number of aliphatic imine (C=N–C) groups is 1. The van der Waals surface area contributed by atoms with Gasteiger partial charge in [0.15, 0.2) is 22.8 Å². The number of piperazine rings is 1. The Morgan fingerprint density at radius 3 is 2.54 bits per heavy atom. The molecule has 0 saturated carbocycles. The molecule has 1 fully saturated rings. The molecule has 11 nitrogen and oxygen atoms in total. The number of carbonyl (C=O) groups excluding carboxylic acids is 2. The second-order valence-corrected chi connectivity index (χ2v) is 8.76. The van der Waals surface area contributed by atoms with Gasteiger partial charge in [-0.05, 0) is 31.2 Å². The smallest absolute Gasteiger partial charge is 0.290 e. The first-order chi connectivity index (χ1) is 17.8. The molecule has 1 atom stereocenters. The maximum absolute atomic E-state index is 13.4. The molecular weight excluding hydrogens is 474 g/mol. The molecule has 0 spiro atoms. The van der Waals surface area contributed by atoms with Crippen LogP contribution in [0.1, 0.15) is 17.4 Å². The van der Waals surface area contributed by atoms with Crippen molar-refractivity contribution in [2.45, 2.75) is 13.0 Å². The number of aromatic nitrogens is 3. The number of rotatable bonds is 4. The number of ether oxygens (including phenoxy) is 2. The molecule has 1 aliphatic heterocycles. The summed E-state index contributed by atoms with van der Waals surface area (Å²) in [6.45, 7) is 2.95. The van der Waals surface area contributed by atoms with Gasteiger partial charge in [-0.2, -0.15) is 10.1 Å². The van der Waals surface area contributed by atoms with Crippen LogP contribution >= 0.6 is 0 Å². The van der Waals surface area contributed by atoms with Crippen LogP contribution in [0, 0.1) is 12.5 Å². The number of amidine groups is 1. The Balaban J connectivity index is 1.57. The minimum Gasteiger partial charge on any atom is -0.493 e. The molecule has 1 saturated heterocycles. The zero-order chi connectivity index (χ0) is 26.7. The van der Waals surface area contributed by atoms with E-state index in [4.69, 9.17) is 15.9 Å². The van der Waals surface area contributed by atoms with Crippen LogP contribution in [0.15, 0.2) is 41.5 Å². The zero-order valence-corrected chi connectivity index (χ0v) is 21.5. The number of fused-ring (bicyclic) bond motifs is 1. The Hall–Kier alpha value is -4.59. The van der Waals surface area contributed by atoms with Gasteiger partial charge in [-0.1, -0.05) is 6.42 Å². The first-order valence-electron chi connectivity index (χ1n) is 11.7. The lowest BCUT2D eigenvalue weighted by Crippen LogP contribution is -2.58. The fraction of sp³-hybridized carbons (Fsp3) is 0.346. The first kappa shape index (κ1) is 25.5. The Morgan fingerprint density at radius 1 is 1.14 bits per heavy atom. The Kier molecular flexibility index (Phi) is 7.29. The predicted molar refractivity (Wildman–Crippen MR) is 139 cm³/mol. The molecule has 192 valence electrons. The van der Waals surface area contributed by atoms with E-state index < -0.39 is 0 Å². The second kappa shape index (κ2) is 10.6. The normalized spacial score (nSPS) is 15.9. The Labute approximate surface area is 215 Å². The number of nitrogens with zero attached hydrogens (tertiary/aromatic N) is 7. The maximum Gasteiger partial charge on any atom is 0.290 e. The van der Waals surface area contributed by atoms with Crippen LogP contribution in [0.2, 0.25) is 0 Å². The van der Waals surface area contributed by atoms with E-state index in [1.54, 1.807) is 59.8 Å². The van der Waals surface area contributed by atoms with Gasteiger partial charge in [0, 0.05) is 63.6 Å². The Morgan fingerprint density at radius 2 is 1.89 bits per heavy atom. The van der Waals surface area contributed by atoms with Crippen molar-refractivity contribution in [2.24, 2.45) is 4.99 Å². The third-order valence-electron chi connectivity index (χ3n) is 6.22. The second-order valence-electron chi connectivity index (χ2n) is 8.76. The van der Waals surface area contributed by atoms with Gasteiger partial charge in [0.2, 0.25) is 5.84 Å². The molecule has 0 N–H and O–H groups in total. The van der Waals surface area contributed by atoms with Gasteiger partial charge in [-0.15, -0.1) is 0 Å². The van der Waals surface area contributed by atoms with E-state index in [9.17, 15) is 9.59 Å². The summed E-state index contributed by atoms with van der Waals surface area (Å²) in [5, 5.41) is 4.58. The van der Waals surface area contributed by atoms with Crippen molar-refractivity contribution in [1.29, 1.82) is 0 Å². The molecule has 2 aromatic heterocycles. The van der Waals surface area contributed by atoms with E-state index >= 15 is 0 Å². The SMILES string of the molecule is C#C/N=C(/C(=O)N1CCN(C(=O)c2cc3nccc(-c4ccc(OC)c(OC)c4)n3n2)C[C@@H]1C)N(C)C. The van der Waals surface area contributed by atoms with Crippen molar-refractivity contribution in [2.75, 3.05) is 47.9 Å². The minimum absolute atomic E-state index is 0.184. The highest BCUT2D eigenvalue weighted by atomic mass is 16.5. The van der Waals surface area contributed by atoms with Gasteiger partial charge in [-0.25, -0.2) is 9.50 Å². The van der Waals surface area contributed by atoms with Crippen LogP contribution in [-0.2, 0) is 4.79 Å². The number of benzene rings is 1. The van der Waals surface area contributed by atoms with E-state index in [1.165, 1.54) is 0 Å². The lowest BCUT2D eigenvalue weighted by molar-refractivity contribution is -0.128. The molecule has 37 heavy (non-hydrogen) atoms. The standard InChI is InChI=1S/C26H29N7O4/c1-7-27-24(30(3)4)26(35)32-13-12-31(16-17(32)2)25(34)19-15-23-28-11-10-20(33(23)29-19)18-8-9-21(36-5)22(14-18)37-6/h1,8-11,14-15,17H,12-13,16H2,2-6H3/b27-24-/t17-/m0/s1. The molecule has 0 bridgehead atoms. The van der Waals surface area contributed by atoms with Crippen molar-refractivity contribution >= 4 is 23.3 Å². The summed E-state index contributed by atoms with van der Waals surface area (Å²) >= 11 is 0. The fourth-order valence-electron chi connectivity index (χ4n) is 4.35. The monoisotopic (exact) mass is 503 g/mol. The molecule has 11 heteroatoms. The largest absolute Gasteiger partial charge is 0.493 e. The summed E-state index contributed by atoms with van der Waals surface area (Å²) < 4.78 is 12.4. The highest BCUT2D eigenvalue weighted by molar-refractivity contribution is 6.37. The topological polar surface area (TPSA) is 105 Å². The van der Waals surface area contributed by atoms with Crippen LogP contribution in [-0.4, -0.2) is 101 Å². The van der Waals surface area contributed by atoms with Crippen LogP contribution in [0.25, 0.3) is 16.9 Å². The van der Waals surface area contributed by atoms with E-state index in [0.717, 1.165) is 11.3 Å². The van der Waals surface area contributed by atoms with Gasteiger partial charge in [0.1, 0.15) is 0 Å². The summed E-state index contributed by atoms with van der Waals surface area (Å²) in [7, 11) is 6.58. The van der Waals surface area contributed by atoms with Gasteiger partial charge < -0.3 is 24.2 Å². The van der Waals surface area contributed by atoms with E-state index in [1.807, 2.05) is 31.2 Å². The summed E-state index contributed by atoms with van der Waals surface area (Å²) in [6.07, 6.45) is 6.96. The summed E-state index contributed by atoms with van der Waals surface area (Å²) in [6, 6.07) is 11.0. The molecular formula is C26H29N7O4. The Bertz CT molecular complexity index is 1410. The van der Waals surface area contributed by atoms with E-state index in [2.05, 4.69) is 21.1 Å². The molecule has 3 heterocycles. The fourth-order valence-corrected chi connectivity index (χ4v) is 4.35. The number of amides is 2. The van der Waals surface area contributed by atoms with Gasteiger partial charge in [0.25, 0.3) is 11.8 Å². The van der Waals surface area contributed by atoms with Crippen molar-refractivity contribution < 1.29 is 19.1 Å². The van der Waals surface area contributed by atoms with Crippen molar-refractivity contribution in [3.8, 4) is 35.2 Å². The molecule has 2 amide bonds. The lowest BCUT2D eigenvalue weighted by atomic mass is 10.1. The zero-order valence-electron chi connectivity index (χ0n) is 21.5. The summed E-state index contributed by atoms with van der Waals surface area (Å²) in [4.78, 5) is 39.6. The van der Waals surface area contributed by atoms with Crippen molar-refractivity contribution in [3.63, 3.8) is 0 Å². The number of terminal acetylenes is 1. The first-order valence-corrected chi connectivity index (χ1v) is 11.7. The third-order valence-corrected chi connectivity index (χ3v) is 6.22. The van der Waals surface area contributed by atoms with Gasteiger partial charge >= 0.3 is 0 Å². The van der Waals surface area contributed by atoms with Crippen LogP contribution in [0.5, 0.6) is 11.5 Å². The molecule has 4 rings (SSSR count). The average molecular weight is 504 g/mol. The predicted octanol–water partition coefficient (Wildman–Crippen LogP) is 1.64. The molecule has 3 aromatic rings. The number of hydrogen-bond acceptors (Lipinski definition) is 7. The summed E-state index contributed by atoms with van der Waals surface area (Å²) in [5.41, 5.74) is 2.39. The highest BCUT2D eigenvalue weighted by Crippen LogP contribution is 2.32. The molecule has 1 aromatic carbocycles. The summed E-state index contributed by atoms with van der Waals surface area (Å²) in [5.74, 6) is 0.887. The quantitative estimate of drug-likeness (QED) is 0.303. The number of methoxy groups -OCH3 is 2. The molecule has 0 aliphatic carbocycles. The van der Waals surface area contributed by atoms with Crippen molar-refractivity contribution in [1.82, 2.24) is 29.3 Å². The van der Waals surface area contributed by atoms with Crippen molar-refractivity contribution in [3.05, 3.63) is 42.2 Å². The maximum atomic E-state index is 13.4. The number of hydrogen-bond donors (Lipinski definition) is 0. The molecule has 1 aliphatic rings. The molecule has 0 unspecified atom stereocenters.